The zero-order valence-corrected chi connectivity index (χ0v) is 27.8. The Morgan fingerprint density at radius 1 is 1.24 bits per heavy atom. The number of aliphatic imine (C=N–C) groups is 2. The number of ether oxygens (including phenoxy) is 3. The molecule has 6 rings (SSSR count). The molecule has 0 aromatic carbocycles. The molecule has 274 valence electrons. The summed E-state index contributed by atoms with van der Waals surface area (Å²) in [6.45, 7) is -3.22. The summed E-state index contributed by atoms with van der Waals surface area (Å²) < 4.78 is 120. The van der Waals surface area contributed by atoms with Gasteiger partial charge in [0.1, 0.15) is 37.4 Å². The Kier molecular flexibility index (Phi) is 9.98. The maximum Gasteiger partial charge on any atom is 0.411 e. The van der Waals surface area contributed by atoms with E-state index in [1.807, 2.05) is 4.72 Å². The van der Waals surface area contributed by atoms with Crippen molar-refractivity contribution in [2.24, 2.45) is 9.98 Å². The number of rotatable bonds is 6. The summed E-state index contributed by atoms with van der Waals surface area (Å²) in [4.78, 5) is 45.2. The fourth-order valence-electron chi connectivity index (χ4n) is 5.50. The third-order valence-electron chi connectivity index (χ3n) is 7.55. The van der Waals surface area contributed by atoms with Crippen molar-refractivity contribution >= 4 is 64.8 Å². The van der Waals surface area contributed by atoms with E-state index in [4.69, 9.17) is 45.0 Å². The van der Waals surface area contributed by atoms with Gasteiger partial charge < -0.3 is 29.4 Å². The van der Waals surface area contributed by atoms with Gasteiger partial charge in [-0.05, 0) is 25.4 Å². The number of nitrogens with two attached hydrogens (primary N) is 1. The number of aryl methyl sites for hydroxylation is 1. The van der Waals surface area contributed by atoms with Crippen molar-refractivity contribution in [2.75, 3.05) is 25.5 Å². The van der Waals surface area contributed by atoms with Crippen molar-refractivity contribution in [1.82, 2.24) is 33.8 Å². The number of imidazole rings is 2. The Bertz CT molecular complexity index is 2010. The van der Waals surface area contributed by atoms with Gasteiger partial charge in [0.25, 0.3) is 5.56 Å². The number of aromatic amines is 1. The Morgan fingerprint density at radius 2 is 1.96 bits per heavy atom. The van der Waals surface area contributed by atoms with Gasteiger partial charge in [0.2, 0.25) is 5.95 Å². The fraction of sp³-hybridized carbons (Fsp3) is 0.565. The number of hydrogen-bond acceptors (Lipinski definition) is 15. The van der Waals surface area contributed by atoms with Crippen LogP contribution in [-0.4, -0.2) is 118 Å². The molecule has 1 unspecified atom stereocenters. The van der Waals surface area contributed by atoms with E-state index in [2.05, 4.69) is 36.6 Å². The zero-order chi connectivity index (χ0) is 36.2. The fourth-order valence-corrected chi connectivity index (χ4v) is 7.87. The number of fused-ring (bicyclic) bond motifs is 4. The van der Waals surface area contributed by atoms with Crippen LogP contribution in [0.1, 0.15) is 18.1 Å². The molecule has 3 saturated heterocycles. The average Bonchev–Trinajstić information content (AvgIpc) is 3.76. The molecule has 2 bridgehead atoms. The topological polar surface area (TPSA) is 254 Å². The SMILES string of the molecule is C=NC=Nc1c(C)ncn1[C@@H]1O[C@@H]2CNS(=O)(=O)O[C@@H]3[C@H](OCC(F)(F)F)[C@@H](COP(O)(=S)O[C@H]2[C@H]1F)O[C@H]3n1cnc2c(=O)[nH]c(N)nc21. The molecule has 3 aliphatic rings. The van der Waals surface area contributed by atoms with E-state index >= 15 is 4.39 Å². The highest BCUT2D eigenvalue weighted by Gasteiger charge is 2.54. The molecule has 27 heteroatoms. The van der Waals surface area contributed by atoms with E-state index < -0.39 is 97.7 Å². The number of nitrogens with one attached hydrogen (secondary N) is 2. The van der Waals surface area contributed by atoms with Crippen molar-refractivity contribution in [3.8, 4) is 0 Å². The first-order valence-electron chi connectivity index (χ1n) is 14.2. The van der Waals surface area contributed by atoms with Crippen molar-refractivity contribution < 1.29 is 58.3 Å². The van der Waals surface area contributed by atoms with Gasteiger partial charge in [-0.25, -0.2) is 23.5 Å². The number of alkyl halides is 4. The molecule has 9 atom stereocenters. The first-order chi connectivity index (χ1) is 23.5. The van der Waals surface area contributed by atoms with Gasteiger partial charge in [-0.3, -0.25) is 28.4 Å². The van der Waals surface area contributed by atoms with Gasteiger partial charge in [-0.15, -0.1) is 0 Å². The van der Waals surface area contributed by atoms with Crippen molar-refractivity contribution in [2.45, 2.75) is 62.2 Å². The van der Waals surface area contributed by atoms with Gasteiger partial charge in [0.15, 0.2) is 41.7 Å². The Hall–Kier alpha value is -3.30. The number of halogens is 4. The van der Waals surface area contributed by atoms with Crippen LogP contribution < -0.4 is 16.0 Å². The van der Waals surface area contributed by atoms with Crippen molar-refractivity contribution in [1.29, 1.82) is 0 Å². The van der Waals surface area contributed by atoms with Crippen LogP contribution in [-0.2, 0) is 49.6 Å². The molecule has 0 spiro atoms. The number of H-pyrrole nitrogens is 1. The molecule has 3 aromatic rings. The van der Waals surface area contributed by atoms with Crippen LogP contribution in [0.15, 0.2) is 27.4 Å². The van der Waals surface area contributed by atoms with Gasteiger partial charge in [-0.1, -0.05) is 0 Å². The predicted molar refractivity (Wildman–Crippen MR) is 165 cm³/mol. The minimum Gasteiger partial charge on any atom is -0.369 e. The van der Waals surface area contributed by atoms with Gasteiger partial charge >= 0.3 is 23.2 Å². The van der Waals surface area contributed by atoms with Crippen LogP contribution in [0.4, 0.5) is 29.3 Å². The summed E-state index contributed by atoms with van der Waals surface area (Å²) in [5, 5.41) is 0. The molecule has 0 saturated carbocycles. The summed E-state index contributed by atoms with van der Waals surface area (Å²) in [5.41, 5.74) is 4.67. The van der Waals surface area contributed by atoms with Crippen LogP contribution in [0.5, 0.6) is 0 Å². The predicted octanol–water partition coefficient (Wildman–Crippen LogP) is 0.200. The molecule has 5 N–H and O–H groups in total. The molecular weight excluding hydrogens is 747 g/mol. The van der Waals surface area contributed by atoms with Crippen molar-refractivity contribution in [3.63, 3.8) is 0 Å². The largest absolute Gasteiger partial charge is 0.411 e. The third kappa shape index (κ3) is 7.50. The molecule has 6 heterocycles. The standard InChI is InChI=1S/C23H27F4N10O10PS2/c1-9-17(30-6-29-2)36(7-31-9)20-12(24)14-10(44-20)3-33-50(40,41)47-16-15(42-5-23(25,26)27)11(4-43-48(39,49)46-14)45-21(16)37-8-32-13-18(37)34-22(28)35-19(13)38/h6-8,10-12,14-16,20-21,33H,2-5H2,1H3,(H,39,49)(H3,28,34,35,38)/t10-,11-,12-,14-,15-,16-,20-,21-,48?/m1/s1. The van der Waals surface area contributed by atoms with Crippen LogP contribution in [0, 0.1) is 6.92 Å². The van der Waals surface area contributed by atoms with E-state index in [-0.39, 0.29) is 22.9 Å². The van der Waals surface area contributed by atoms with Crippen LogP contribution in [0.3, 0.4) is 0 Å². The first-order valence-corrected chi connectivity index (χ1v) is 18.2. The lowest BCUT2D eigenvalue weighted by Crippen LogP contribution is -2.45. The van der Waals surface area contributed by atoms with E-state index in [9.17, 15) is 31.3 Å². The van der Waals surface area contributed by atoms with Crippen LogP contribution in [0.25, 0.3) is 11.2 Å². The number of aromatic nitrogens is 6. The van der Waals surface area contributed by atoms with Crippen LogP contribution in [0.2, 0.25) is 0 Å². The molecule has 0 aliphatic carbocycles. The summed E-state index contributed by atoms with van der Waals surface area (Å²) in [5.74, 6) is -0.269. The smallest absolute Gasteiger partial charge is 0.369 e. The molecule has 0 radical (unpaired) electrons. The van der Waals surface area contributed by atoms with Crippen molar-refractivity contribution in [3.05, 3.63) is 28.7 Å². The zero-order valence-electron chi connectivity index (χ0n) is 25.3. The minimum atomic E-state index is -5.00. The molecule has 3 aromatic heterocycles. The number of anilines is 1. The normalized spacial score (nSPS) is 33.6. The molecule has 50 heavy (non-hydrogen) atoms. The Morgan fingerprint density at radius 3 is 2.68 bits per heavy atom. The number of nitrogen functional groups attached to an aromatic ring is 1. The van der Waals surface area contributed by atoms with E-state index in [1.165, 1.54) is 10.9 Å². The monoisotopic (exact) mass is 774 g/mol. The third-order valence-corrected chi connectivity index (χ3v) is 10.1. The molecule has 20 nitrogen and oxygen atoms in total. The van der Waals surface area contributed by atoms with Gasteiger partial charge in [0.05, 0.1) is 25.0 Å². The highest BCUT2D eigenvalue weighted by molar-refractivity contribution is 8.07. The maximum atomic E-state index is 16.1. The van der Waals surface area contributed by atoms with E-state index in [1.54, 1.807) is 6.92 Å². The van der Waals surface area contributed by atoms with E-state index in [0.717, 1.165) is 17.2 Å². The van der Waals surface area contributed by atoms with Gasteiger partial charge in [0, 0.05) is 6.54 Å². The Balaban J connectivity index is 1.36. The lowest BCUT2D eigenvalue weighted by Gasteiger charge is -2.26. The number of hydrogen-bond donors (Lipinski definition) is 4. The Labute approximate surface area is 283 Å². The minimum absolute atomic E-state index is 0.109. The lowest BCUT2D eigenvalue weighted by molar-refractivity contribution is -0.195. The molecule has 3 fully saturated rings. The maximum absolute atomic E-state index is 16.1. The number of nitrogens with zero attached hydrogens (tertiary/aromatic N) is 7. The summed E-state index contributed by atoms with van der Waals surface area (Å²) in [6, 6.07) is 0. The summed E-state index contributed by atoms with van der Waals surface area (Å²) in [7, 11) is -5.00. The highest BCUT2D eigenvalue weighted by atomic mass is 32.5. The highest BCUT2D eigenvalue weighted by Crippen LogP contribution is 2.51. The molecule has 3 aliphatic heterocycles. The second-order valence-corrected chi connectivity index (χ2v) is 15.1. The second kappa shape index (κ2) is 13.7. The molecule has 0 amide bonds. The quantitative estimate of drug-likeness (QED) is 0.113. The lowest BCUT2D eigenvalue weighted by atomic mass is 10.1. The summed E-state index contributed by atoms with van der Waals surface area (Å²) >= 11 is 5.12. The van der Waals surface area contributed by atoms with E-state index in [0.29, 0.717) is 5.69 Å². The summed E-state index contributed by atoms with van der Waals surface area (Å²) in [6.07, 6.45) is -15.8. The molecular formula is C23H27F4N10O10PS2. The van der Waals surface area contributed by atoms with Gasteiger partial charge in [-0.2, -0.15) is 31.3 Å². The average molecular weight is 775 g/mol. The van der Waals surface area contributed by atoms with Crippen LogP contribution >= 0.6 is 6.72 Å². The second-order valence-electron chi connectivity index (χ2n) is 10.9. The first kappa shape index (κ1) is 36.5.